The highest BCUT2D eigenvalue weighted by Crippen LogP contribution is 2.28. The molecule has 30 heavy (non-hydrogen) atoms. The standard InChI is InChI=1S/C24H25ClN2O3/c1-16-7-9-21(17(2)11-16)27-24(28)15-30-22-10-8-18(12-23(22)29-3)14-26-20-6-4-5-19(25)13-20/h4-13,26H,14-15H2,1-3H3,(H,27,28). The van der Waals surface area contributed by atoms with Crippen LogP contribution in [0.5, 0.6) is 11.5 Å². The van der Waals surface area contributed by atoms with Crippen LogP contribution in [0.25, 0.3) is 0 Å². The van der Waals surface area contributed by atoms with E-state index in [1.165, 1.54) is 0 Å². The number of anilines is 2. The van der Waals surface area contributed by atoms with Crippen molar-refractivity contribution in [1.82, 2.24) is 0 Å². The number of aryl methyl sites for hydroxylation is 2. The number of hydrogen-bond donors (Lipinski definition) is 2. The molecule has 0 aliphatic carbocycles. The summed E-state index contributed by atoms with van der Waals surface area (Å²) < 4.78 is 11.1. The molecule has 0 atom stereocenters. The molecule has 0 radical (unpaired) electrons. The number of hydrogen-bond acceptors (Lipinski definition) is 4. The molecule has 3 rings (SSSR count). The number of nitrogens with one attached hydrogen (secondary N) is 2. The zero-order valence-corrected chi connectivity index (χ0v) is 18.0. The van der Waals surface area contributed by atoms with Crippen molar-refractivity contribution in [2.75, 3.05) is 24.4 Å². The molecule has 0 aliphatic heterocycles. The molecule has 0 bridgehead atoms. The Kier molecular flexibility index (Phi) is 7.20. The molecule has 0 aliphatic rings. The van der Waals surface area contributed by atoms with Crippen LogP contribution in [0.1, 0.15) is 16.7 Å². The Bertz CT molecular complexity index is 1040. The molecule has 0 saturated carbocycles. The van der Waals surface area contributed by atoms with Crippen molar-refractivity contribution in [3.63, 3.8) is 0 Å². The van der Waals surface area contributed by atoms with E-state index < -0.39 is 0 Å². The van der Waals surface area contributed by atoms with E-state index in [1.807, 2.05) is 68.4 Å². The Morgan fingerprint density at radius 1 is 1.00 bits per heavy atom. The first kappa shape index (κ1) is 21.5. The lowest BCUT2D eigenvalue weighted by Crippen LogP contribution is -2.20. The summed E-state index contributed by atoms with van der Waals surface area (Å²) in [6.45, 7) is 4.47. The maximum absolute atomic E-state index is 12.3. The van der Waals surface area contributed by atoms with Gasteiger partial charge in [0.1, 0.15) is 0 Å². The highest BCUT2D eigenvalue weighted by molar-refractivity contribution is 6.30. The van der Waals surface area contributed by atoms with E-state index in [4.69, 9.17) is 21.1 Å². The predicted octanol–water partition coefficient (Wildman–Crippen LogP) is 5.60. The second kappa shape index (κ2) is 10.0. The number of carbonyl (C=O) groups is 1. The Hall–Kier alpha value is -3.18. The van der Waals surface area contributed by atoms with Crippen LogP contribution in [-0.2, 0) is 11.3 Å². The maximum Gasteiger partial charge on any atom is 0.262 e. The first-order chi connectivity index (χ1) is 14.4. The highest BCUT2D eigenvalue weighted by atomic mass is 35.5. The van der Waals surface area contributed by atoms with Crippen LogP contribution in [0, 0.1) is 13.8 Å². The lowest BCUT2D eigenvalue weighted by molar-refractivity contribution is -0.118. The van der Waals surface area contributed by atoms with Gasteiger partial charge >= 0.3 is 0 Å². The summed E-state index contributed by atoms with van der Waals surface area (Å²) in [5, 5.41) is 6.87. The molecule has 0 unspecified atom stereocenters. The third-order valence-corrected chi connectivity index (χ3v) is 4.80. The molecule has 3 aromatic carbocycles. The molecule has 1 amide bonds. The molecule has 0 heterocycles. The van der Waals surface area contributed by atoms with Crippen molar-refractivity contribution in [2.45, 2.75) is 20.4 Å². The fourth-order valence-electron chi connectivity index (χ4n) is 3.03. The van der Waals surface area contributed by atoms with E-state index in [2.05, 4.69) is 10.6 Å². The SMILES string of the molecule is COc1cc(CNc2cccc(Cl)c2)ccc1OCC(=O)Nc1ccc(C)cc1C. The molecule has 5 nitrogen and oxygen atoms in total. The Balaban J connectivity index is 1.58. The molecule has 0 spiro atoms. The summed E-state index contributed by atoms with van der Waals surface area (Å²) in [4.78, 5) is 12.3. The van der Waals surface area contributed by atoms with Gasteiger partial charge in [-0.05, 0) is 61.4 Å². The topological polar surface area (TPSA) is 59.6 Å². The van der Waals surface area contributed by atoms with E-state index >= 15 is 0 Å². The summed E-state index contributed by atoms with van der Waals surface area (Å²) in [7, 11) is 1.58. The van der Waals surface area contributed by atoms with Crippen LogP contribution in [0.2, 0.25) is 5.02 Å². The largest absolute Gasteiger partial charge is 0.493 e. The first-order valence-corrected chi connectivity index (χ1v) is 9.98. The number of rotatable bonds is 8. The van der Waals surface area contributed by atoms with Gasteiger partial charge in [0.05, 0.1) is 7.11 Å². The van der Waals surface area contributed by atoms with Crippen LogP contribution >= 0.6 is 11.6 Å². The molecule has 3 aromatic rings. The van der Waals surface area contributed by atoms with E-state index in [0.717, 1.165) is 28.1 Å². The van der Waals surface area contributed by atoms with Gasteiger partial charge in [-0.2, -0.15) is 0 Å². The van der Waals surface area contributed by atoms with Crippen molar-refractivity contribution in [1.29, 1.82) is 0 Å². The molecule has 0 saturated heterocycles. The van der Waals surface area contributed by atoms with Crippen molar-refractivity contribution in [3.05, 3.63) is 82.4 Å². The molecule has 156 valence electrons. The number of amides is 1. The van der Waals surface area contributed by atoms with Crippen LogP contribution in [0.3, 0.4) is 0 Å². The normalized spacial score (nSPS) is 10.4. The van der Waals surface area contributed by atoms with Crippen LogP contribution in [0.4, 0.5) is 11.4 Å². The molecule has 0 aromatic heterocycles. The van der Waals surface area contributed by atoms with Crippen molar-refractivity contribution < 1.29 is 14.3 Å². The minimum Gasteiger partial charge on any atom is -0.493 e. The summed E-state index contributed by atoms with van der Waals surface area (Å²) in [6.07, 6.45) is 0. The van der Waals surface area contributed by atoms with Crippen molar-refractivity contribution in [3.8, 4) is 11.5 Å². The fraction of sp³-hybridized carbons (Fsp3) is 0.208. The van der Waals surface area contributed by atoms with Gasteiger partial charge in [0.25, 0.3) is 5.91 Å². The van der Waals surface area contributed by atoms with Gasteiger partial charge in [0, 0.05) is 22.9 Å². The number of benzene rings is 3. The number of methoxy groups -OCH3 is 1. The Morgan fingerprint density at radius 2 is 1.83 bits per heavy atom. The van der Waals surface area contributed by atoms with Gasteiger partial charge in [-0.15, -0.1) is 0 Å². The monoisotopic (exact) mass is 424 g/mol. The summed E-state index contributed by atoms with van der Waals surface area (Å²) in [5.74, 6) is 0.857. The molecular weight excluding hydrogens is 400 g/mol. The van der Waals surface area contributed by atoms with Crippen LogP contribution in [-0.4, -0.2) is 19.6 Å². The average Bonchev–Trinajstić information content (AvgIpc) is 2.73. The van der Waals surface area contributed by atoms with Crippen molar-refractivity contribution in [2.24, 2.45) is 0 Å². The third kappa shape index (κ3) is 5.91. The third-order valence-electron chi connectivity index (χ3n) is 4.56. The Labute approximate surface area is 182 Å². The fourth-order valence-corrected chi connectivity index (χ4v) is 3.22. The van der Waals surface area contributed by atoms with Crippen molar-refractivity contribution >= 4 is 28.9 Å². The summed E-state index contributed by atoms with van der Waals surface area (Å²) in [6, 6.07) is 19.0. The average molecular weight is 425 g/mol. The maximum atomic E-state index is 12.3. The smallest absolute Gasteiger partial charge is 0.262 e. The van der Waals surface area contributed by atoms with Gasteiger partial charge in [0.2, 0.25) is 0 Å². The summed E-state index contributed by atoms with van der Waals surface area (Å²) >= 11 is 6.01. The van der Waals surface area contributed by atoms with Gasteiger partial charge in [-0.25, -0.2) is 0 Å². The van der Waals surface area contributed by atoms with Gasteiger partial charge in [-0.1, -0.05) is 41.4 Å². The predicted molar refractivity (Wildman–Crippen MR) is 122 cm³/mol. The number of ether oxygens (including phenoxy) is 2. The van der Waals surface area contributed by atoms with E-state index in [0.29, 0.717) is 23.1 Å². The number of carbonyl (C=O) groups excluding carboxylic acids is 1. The summed E-state index contributed by atoms with van der Waals surface area (Å²) in [5.41, 5.74) is 4.89. The quantitative estimate of drug-likeness (QED) is 0.494. The van der Waals surface area contributed by atoms with Gasteiger partial charge in [-0.3, -0.25) is 4.79 Å². The minimum atomic E-state index is -0.226. The lowest BCUT2D eigenvalue weighted by atomic mass is 10.1. The second-order valence-electron chi connectivity index (χ2n) is 7.00. The van der Waals surface area contributed by atoms with Crippen LogP contribution in [0.15, 0.2) is 60.7 Å². The molecule has 0 fully saturated rings. The van der Waals surface area contributed by atoms with Gasteiger partial charge in [0.15, 0.2) is 18.1 Å². The Morgan fingerprint density at radius 3 is 2.57 bits per heavy atom. The molecule has 6 heteroatoms. The van der Waals surface area contributed by atoms with Crippen LogP contribution < -0.4 is 20.1 Å². The second-order valence-corrected chi connectivity index (χ2v) is 7.44. The minimum absolute atomic E-state index is 0.107. The van der Waals surface area contributed by atoms with E-state index in [9.17, 15) is 4.79 Å². The van der Waals surface area contributed by atoms with Gasteiger partial charge < -0.3 is 20.1 Å². The zero-order chi connectivity index (χ0) is 21.5. The number of halogens is 1. The highest BCUT2D eigenvalue weighted by Gasteiger charge is 2.10. The first-order valence-electron chi connectivity index (χ1n) is 9.61. The van der Waals surface area contributed by atoms with E-state index in [-0.39, 0.29) is 12.5 Å². The zero-order valence-electron chi connectivity index (χ0n) is 17.3. The lowest BCUT2D eigenvalue weighted by Gasteiger charge is -2.14. The van der Waals surface area contributed by atoms with E-state index in [1.54, 1.807) is 13.2 Å². The molecular formula is C24H25ClN2O3. The molecule has 2 N–H and O–H groups in total.